The molecule has 2 rings (SSSR count). The summed E-state index contributed by atoms with van der Waals surface area (Å²) in [5.41, 5.74) is 1.26. The number of carbonyl (C=O) groups is 2. The zero-order valence-corrected chi connectivity index (χ0v) is 13.5. The van der Waals surface area contributed by atoms with Gasteiger partial charge < -0.3 is 10.2 Å². The highest BCUT2D eigenvalue weighted by Gasteiger charge is 2.17. The van der Waals surface area contributed by atoms with Crippen LogP contribution in [-0.4, -0.2) is 24.4 Å². The molecule has 5 nitrogen and oxygen atoms in total. The van der Waals surface area contributed by atoms with Crippen molar-refractivity contribution in [1.82, 2.24) is 5.32 Å². The lowest BCUT2D eigenvalue weighted by Gasteiger charge is -2.24. The summed E-state index contributed by atoms with van der Waals surface area (Å²) >= 11 is 0. The van der Waals surface area contributed by atoms with Gasteiger partial charge in [-0.25, -0.2) is 0 Å². The minimum atomic E-state index is -0.111. The molecule has 23 heavy (non-hydrogen) atoms. The molecule has 0 heterocycles. The van der Waals surface area contributed by atoms with Crippen LogP contribution in [0.2, 0.25) is 0 Å². The van der Waals surface area contributed by atoms with Crippen LogP contribution >= 0.6 is 0 Å². The number of nitriles is 1. The van der Waals surface area contributed by atoms with Crippen molar-refractivity contribution < 1.29 is 9.59 Å². The first-order valence-corrected chi connectivity index (χ1v) is 8.18. The monoisotopic (exact) mass is 313 g/mol. The fourth-order valence-electron chi connectivity index (χ4n) is 2.94. The number of nitrogens with one attached hydrogen (secondary N) is 1. The molecule has 5 heteroatoms. The fraction of sp³-hybridized carbons (Fsp3) is 0.500. The summed E-state index contributed by atoms with van der Waals surface area (Å²) in [5, 5.41) is 11.9. The number of rotatable bonds is 5. The van der Waals surface area contributed by atoms with E-state index in [1.54, 1.807) is 29.2 Å². The lowest BCUT2D eigenvalue weighted by atomic mass is 9.95. The highest BCUT2D eigenvalue weighted by atomic mass is 16.2. The van der Waals surface area contributed by atoms with Crippen LogP contribution in [0, 0.1) is 11.3 Å². The van der Waals surface area contributed by atoms with Crippen molar-refractivity contribution in [3.8, 4) is 6.07 Å². The highest BCUT2D eigenvalue weighted by Crippen LogP contribution is 2.18. The van der Waals surface area contributed by atoms with Crippen LogP contribution in [0.5, 0.6) is 0 Å². The third kappa shape index (κ3) is 5.10. The van der Waals surface area contributed by atoms with Gasteiger partial charge in [0.25, 0.3) is 0 Å². The van der Waals surface area contributed by atoms with Crippen LogP contribution < -0.4 is 10.2 Å². The molecule has 1 aliphatic carbocycles. The fourth-order valence-corrected chi connectivity index (χ4v) is 2.94. The molecule has 0 aliphatic heterocycles. The quantitative estimate of drug-likeness (QED) is 0.908. The summed E-state index contributed by atoms with van der Waals surface area (Å²) in [6, 6.07) is 9.16. The summed E-state index contributed by atoms with van der Waals surface area (Å²) in [6.45, 7) is 1.83. The Hall–Kier alpha value is -2.35. The predicted molar refractivity (Wildman–Crippen MR) is 88.8 cm³/mol. The topological polar surface area (TPSA) is 73.2 Å². The number of anilines is 1. The van der Waals surface area contributed by atoms with E-state index in [-0.39, 0.29) is 24.3 Å². The maximum atomic E-state index is 12.1. The number of hydrogen-bond donors (Lipinski definition) is 1. The summed E-state index contributed by atoms with van der Waals surface area (Å²) in [5.74, 6) is -0.114. The number of benzene rings is 1. The summed E-state index contributed by atoms with van der Waals surface area (Å²) in [7, 11) is 0. The van der Waals surface area contributed by atoms with E-state index >= 15 is 0 Å². The molecule has 2 amide bonds. The average molecular weight is 313 g/mol. The van der Waals surface area contributed by atoms with Gasteiger partial charge in [-0.1, -0.05) is 19.3 Å². The summed E-state index contributed by atoms with van der Waals surface area (Å²) in [4.78, 5) is 25.5. The van der Waals surface area contributed by atoms with Crippen molar-refractivity contribution in [2.45, 2.75) is 51.5 Å². The molecule has 0 unspecified atom stereocenters. The molecule has 0 atom stereocenters. The SMILES string of the molecule is CC(=O)N(CCC(=O)NC1CCCCC1)c1ccc(C#N)cc1. The van der Waals surface area contributed by atoms with Gasteiger partial charge in [-0.15, -0.1) is 0 Å². The van der Waals surface area contributed by atoms with E-state index in [4.69, 9.17) is 5.26 Å². The maximum absolute atomic E-state index is 12.1. The largest absolute Gasteiger partial charge is 0.353 e. The molecular formula is C18H23N3O2. The van der Waals surface area contributed by atoms with Crippen LogP contribution in [0.1, 0.15) is 51.0 Å². The third-order valence-electron chi connectivity index (χ3n) is 4.22. The predicted octanol–water partition coefficient (Wildman–Crippen LogP) is 2.75. The van der Waals surface area contributed by atoms with E-state index in [0.29, 0.717) is 17.8 Å². The van der Waals surface area contributed by atoms with Gasteiger partial charge in [-0.2, -0.15) is 5.26 Å². The second kappa shape index (κ2) is 8.33. The Labute approximate surface area is 137 Å². The zero-order valence-electron chi connectivity index (χ0n) is 13.5. The Morgan fingerprint density at radius 3 is 2.43 bits per heavy atom. The molecule has 0 saturated heterocycles. The summed E-state index contributed by atoms with van der Waals surface area (Å²) in [6.07, 6.45) is 6.00. The molecule has 1 N–H and O–H groups in total. The van der Waals surface area contributed by atoms with Crippen molar-refractivity contribution in [3.05, 3.63) is 29.8 Å². The van der Waals surface area contributed by atoms with Gasteiger partial charge >= 0.3 is 0 Å². The Morgan fingerprint density at radius 1 is 1.22 bits per heavy atom. The molecule has 0 bridgehead atoms. The van der Waals surface area contributed by atoms with Crippen molar-refractivity contribution in [2.24, 2.45) is 0 Å². The van der Waals surface area contributed by atoms with Gasteiger partial charge in [0.15, 0.2) is 0 Å². The molecule has 0 radical (unpaired) electrons. The van der Waals surface area contributed by atoms with E-state index in [1.807, 2.05) is 0 Å². The molecule has 0 aromatic heterocycles. The normalized spacial score (nSPS) is 14.8. The molecule has 1 fully saturated rings. The first-order valence-electron chi connectivity index (χ1n) is 8.18. The Morgan fingerprint density at radius 2 is 1.87 bits per heavy atom. The van der Waals surface area contributed by atoms with E-state index in [0.717, 1.165) is 12.8 Å². The number of hydrogen-bond acceptors (Lipinski definition) is 3. The molecule has 122 valence electrons. The molecule has 0 spiro atoms. The number of carbonyl (C=O) groups excluding carboxylic acids is 2. The first kappa shape index (κ1) is 17.0. The van der Waals surface area contributed by atoms with Crippen LogP contribution in [0.3, 0.4) is 0 Å². The van der Waals surface area contributed by atoms with Crippen LogP contribution in [0.25, 0.3) is 0 Å². The molecule has 1 aromatic carbocycles. The van der Waals surface area contributed by atoms with Crippen LogP contribution in [-0.2, 0) is 9.59 Å². The Kier molecular flexibility index (Phi) is 6.16. The van der Waals surface area contributed by atoms with E-state index in [1.165, 1.54) is 26.2 Å². The van der Waals surface area contributed by atoms with Crippen LogP contribution in [0.15, 0.2) is 24.3 Å². The second-order valence-corrected chi connectivity index (χ2v) is 5.98. The van der Waals surface area contributed by atoms with Crippen molar-refractivity contribution in [2.75, 3.05) is 11.4 Å². The van der Waals surface area contributed by atoms with Gasteiger partial charge in [0.05, 0.1) is 11.6 Å². The Bertz CT molecular complexity index is 583. The number of nitrogens with zero attached hydrogens (tertiary/aromatic N) is 2. The average Bonchev–Trinajstić information content (AvgIpc) is 2.56. The molecule has 1 saturated carbocycles. The smallest absolute Gasteiger partial charge is 0.223 e. The Balaban J connectivity index is 1.90. The van der Waals surface area contributed by atoms with Crippen molar-refractivity contribution in [3.63, 3.8) is 0 Å². The second-order valence-electron chi connectivity index (χ2n) is 5.98. The molecule has 1 aromatic rings. The van der Waals surface area contributed by atoms with E-state index in [2.05, 4.69) is 11.4 Å². The minimum absolute atomic E-state index is 0.00297. The van der Waals surface area contributed by atoms with E-state index in [9.17, 15) is 9.59 Å². The molecular weight excluding hydrogens is 290 g/mol. The standard InChI is InChI=1S/C18H23N3O2/c1-14(22)21(17-9-7-15(13-19)8-10-17)12-11-18(23)20-16-5-3-2-4-6-16/h7-10,16H,2-6,11-12H2,1H3,(H,20,23). The molecule has 1 aliphatic rings. The van der Waals surface area contributed by atoms with Crippen molar-refractivity contribution >= 4 is 17.5 Å². The van der Waals surface area contributed by atoms with Gasteiger partial charge in [-0.3, -0.25) is 9.59 Å². The van der Waals surface area contributed by atoms with Crippen LogP contribution in [0.4, 0.5) is 5.69 Å². The lowest BCUT2D eigenvalue weighted by Crippen LogP contribution is -2.39. The highest BCUT2D eigenvalue weighted by molar-refractivity contribution is 5.92. The van der Waals surface area contributed by atoms with Crippen molar-refractivity contribution in [1.29, 1.82) is 5.26 Å². The maximum Gasteiger partial charge on any atom is 0.223 e. The minimum Gasteiger partial charge on any atom is -0.353 e. The lowest BCUT2D eigenvalue weighted by molar-refractivity contribution is -0.121. The third-order valence-corrected chi connectivity index (χ3v) is 4.22. The zero-order chi connectivity index (χ0) is 16.7. The first-order chi connectivity index (χ1) is 11.1. The van der Waals surface area contributed by atoms with Gasteiger partial charge in [-0.05, 0) is 37.1 Å². The summed E-state index contributed by atoms with van der Waals surface area (Å²) < 4.78 is 0. The van der Waals surface area contributed by atoms with Gasteiger partial charge in [0.2, 0.25) is 11.8 Å². The van der Waals surface area contributed by atoms with E-state index < -0.39 is 0 Å². The number of amides is 2. The van der Waals surface area contributed by atoms with Gasteiger partial charge in [0, 0.05) is 31.6 Å². The van der Waals surface area contributed by atoms with Gasteiger partial charge in [0.1, 0.15) is 0 Å².